The minimum atomic E-state index is -1.06. The van der Waals surface area contributed by atoms with Crippen molar-refractivity contribution >= 4 is 41.3 Å². The molecule has 8 heteroatoms. The second-order valence-corrected chi connectivity index (χ2v) is 14.3. The number of hydrogen-bond donors (Lipinski definition) is 1. The summed E-state index contributed by atoms with van der Waals surface area (Å²) < 4.78 is 16.4. The van der Waals surface area contributed by atoms with E-state index in [0.717, 1.165) is 42.5 Å². The number of aromatic carboxylic acids is 1. The summed E-state index contributed by atoms with van der Waals surface area (Å²) in [7, 11) is -1.06. The number of fused-ring (bicyclic) bond motifs is 1. The van der Waals surface area contributed by atoms with Crippen LogP contribution in [0, 0.1) is 0 Å². The first-order valence-corrected chi connectivity index (χ1v) is 13.4. The van der Waals surface area contributed by atoms with Gasteiger partial charge >= 0.3 is 5.97 Å². The van der Waals surface area contributed by atoms with Gasteiger partial charge in [-0.15, -0.1) is 0 Å². The molecule has 6 nitrogen and oxygen atoms in total. The van der Waals surface area contributed by atoms with Crippen LogP contribution in [-0.4, -0.2) is 56.1 Å². The molecule has 1 aromatic heterocycles. The molecule has 0 saturated carbocycles. The maximum Gasteiger partial charge on any atom is 0.356 e. The van der Waals surface area contributed by atoms with Gasteiger partial charge in [-0.25, -0.2) is 4.79 Å². The van der Waals surface area contributed by atoms with Crippen molar-refractivity contribution in [1.29, 1.82) is 0 Å². The predicted molar refractivity (Wildman–Crippen MR) is 107 cm³/mol. The van der Waals surface area contributed by atoms with Gasteiger partial charge in [-0.05, 0) is 42.2 Å². The third-order valence-corrected chi connectivity index (χ3v) is 7.08. The minimum absolute atomic E-state index is 0.134. The highest BCUT2D eigenvalue weighted by Crippen LogP contribution is 2.30. The molecule has 0 unspecified atom stereocenters. The molecule has 0 bridgehead atoms. The first-order valence-electron chi connectivity index (χ1n) is 8.90. The highest BCUT2D eigenvalue weighted by atomic mass is 32.1. The molecule has 1 fully saturated rings. The lowest BCUT2D eigenvalue weighted by molar-refractivity contribution is -0.0791. The lowest BCUT2D eigenvalue weighted by Gasteiger charge is -2.19. The number of anilines is 1. The third kappa shape index (κ3) is 4.82. The van der Waals surface area contributed by atoms with Crippen molar-refractivity contribution in [1.82, 2.24) is 4.37 Å². The van der Waals surface area contributed by atoms with Crippen molar-refractivity contribution in [3.63, 3.8) is 0 Å². The number of aromatic nitrogens is 1. The number of carboxylic acid groups (broad SMARTS) is 1. The van der Waals surface area contributed by atoms with Gasteiger partial charge in [-0.1, -0.05) is 19.6 Å². The van der Waals surface area contributed by atoms with Crippen LogP contribution in [0.1, 0.15) is 16.9 Å². The van der Waals surface area contributed by atoms with E-state index in [-0.39, 0.29) is 11.8 Å². The highest BCUT2D eigenvalue weighted by Gasteiger charge is 2.24. The summed E-state index contributed by atoms with van der Waals surface area (Å²) in [4.78, 5) is 13.5. The first-order chi connectivity index (χ1) is 12.3. The second kappa shape index (κ2) is 8.04. The van der Waals surface area contributed by atoms with Crippen molar-refractivity contribution in [3.05, 3.63) is 23.9 Å². The van der Waals surface area contributed by atoms with Gasteiger partial charge in [0.25, 0.3) is 0 Å². The number of benzene rings is 1. The Morgan fingerprint density at radius 2 is 2.23 bits per heavy atom. The zero-order chi connectivity index (χ0) is 18.7. The number of ether oxygens (including phenoxy) is 2. The van der Waals surface area contributed by atoms with Crippen LogP contribution in [0.15, 0.2) is 18.2 Å². The Balaban J connectivity index is 1.53. The lowest BCUT2D eigenvalue weighted by atomic mass is 10.2. The first kappa shape index (κ1) is 19.3. The summed E-state index contributed by atoms with van der Waals surface area (Å²) in [6.07, 6.45) is 1.10. The smallest absolute Gasteiger partial charge is 0.356 e. The topological polar surface area (TPSA) is 71.9 Å². The minimum Gasteiger partial charge on any atom is -0.476 e. The molecule has 26 heavy (non-hydrogen) atoms. The number of rotatable bonds is 8. The molecule has 1 saturated heterocycles. The van der Waals surface area contributed by atoms with E-state index in [4.69, 9.17) is 9.47 Å². The molecule has 2 heterocycles. The molecule has 0 amide bonds. The molecule has 1 aliphatic rings. The van der Waals surface area contributed by atoms with Gasteiger partial charge < -0.3 is 19.5 Å². The Bertz CT molecular complexity index is 774. The molecule has 1 atom stereocenters. The Morgan fingerprint density at radius 1 is 1.42 bits per heavy atom. The van der Waals surface area contributed by atoms with Gasteiger partial charge in [0.2, 0.25) is 0 Å². The third-order valence-electron chi connectivity index (χ3n) is 4.55. The Morgan fingerprint density at radius 3 is 2.96 bits per heavy atom. The van der Waals surface area contributed by atoms with Crippen molar-refractivity contribution < 1.29 is 19.4 Å². The second-order valence-electron chi connectivity index (χ2n) is 7.88. The average Bonchev–Trinajstić information content (AvgIpc) is 3.19. The van der Waals surface area contributed by atoms with Crippen LogP contribution in [0.3, 0.4) is 0 Å². The van der Waals surface area contributed by atoms with Crippen molar-refractivity contribution in [2.75, 3.05) is 31.4 Å². The summed E-state index contributed by atoms with van der Waals surface area (Å²) >= 11 is 1.22. The maximum atomic E-state index is 11.3. The van der Waals surface area contributed by atoms with Crippen LogP contribution in [0.4, 0.5) is 5.69 Å². The Kier molecular flexibility index (Phi) is 5.96. The molecule has 1 N–H and O–H groups in total. The van der Waals surface area contributed by atoms with Crippen molar-refractivity contribution in [3.8, 4) is 0 Å². The lowest BCUT2D eigenvalue weighted by Crippen LogP contribution is -2.25. The van der Waals surface area contributed by atoms with Gasteiger partial charge in [0.1, 0.15) is 6.79 Å². The van der Waals surface area contributed by atoms with E-state index in [9.17, 15) is 9.90 Å². The quantitative estimate of drug-likeness (QED) is 0.416. The van der Waals surface area contributed by atoms with Gasteiger partial charge in [0.15, 0.2) is 5.69 Å². The normalized spacial score (nSPS) is 18.0. The molecule has 1 aromatic carbocycles. The van der Waals surface area contributed by atoms with Gasteiger partial charge in [-0.3, -0.25) is 0 Å². The van der Waals surface area contributed by atoms with E-state index in [0.29, 0.717) is 12.2 Å². The maximum absolute atomic E-state index is 11.3. The average molecular weight is 395 g/mol. The number of carbonyl (C=O) groups is 1. The van der Waals surface area contributed by atoms with E-state index < -0.39 is 14.0 Å². The SMILES string of the molecule is C[Si](C)(C)CCOCO[C@@H]1CCN(c2ccc3snc(C(=O)O)c3c2)C1. The summed E-state index contributed by atoms with van der Waals surface area (Å²) in [5.41, 5.74) is 1.15. The van der Waals surface area contributed by atoms with Crippen molar-refractivity contribution in [2.24, 2.45) is 0 Å². The van der Waals surface area contributed by atoms with Gasteiger partial charge in [-0.2, -0.15) is 4.37 Å². The van der Waals surface area contributed by atoms with Gasteiger partial charge in [0.05, 0.1) is 10.8 Å². The molecular weight excluding hydrogens is 368 g/mol. The fraction of sp³-hybridized carbons (Fsp3) is 0.556. The zero-order valence-electron chi connectivity index (χ0n) is 15.5. The molecule has 142 valence electrons. The number of nitrogens with zero attached hydrogens (tertiary/aromatic N) is 2. The number of carboxylic acids is 1. The van der Waals surface area contributed by atoms with Crippen LogP contribution in [0.2, 0.25) is 25.7 Å². The van der Waals surface area contributed by atoms with Crippen LogP contribution in [0.25, 0.3) is 10.1 Å². The van der Waals surface area contributed by atoms with E-state index >= 15 is 0 Å². The molecule has 3 rings (SSSR count). The molecule has 0 aliphatic carbocycles. The fourth-order valence-electron chi connectivity index (χ4n) is 2.96. The molecular formula is C18H26N2O4SSi. The van der Waals surface area contributed by atoms with Gasteiger partial charge in [0, 0.05) is 38.8 Å². The largest absolute Gasteiger partial charge is 0.476 e. The summed E-state index contributed by atoms with van der Waals surface area (Å²) in [5, 5.41) is 9.97. The van der Waals surface area contributed by atoms with Crippen LogP contribution in [0.5, 0.6) is 0 Å². The van der Waals surface area contributed by atoms with E-state index in [1.165, 1.54) is 11.5 Å². The van der Waals surface area contributed by atoms with E-state index in [1.807, 2.05) is 18.2 Å². The summed E-state index contributed by atoms with van der Waals surface area (Å²) in [6.45, 7) is 9.81. The summed E-state index contributed by atoms with van der Waals surface area (Å²) in [6, 6.07) is 7.05. The fourth-order valence-corrected chi connectivity index (χ4v) is 4.46. The number of hydrogen-bond acceptors (Lipinski definition) is 6. The van der Waals surface area contributed by atoms with Crippen LogP contribution in [-0.2, 0) is 9.47 Å². The standard InChI is InChI=1S/C18H26N2O4SSi/c1-26(2,3)9-8-23-12-24-14-6-7-20(11-14)13-4-5-16-15(10-13)17(18(21)22)19-25-16/h4-5,10,14H,6-9,11-12H2,1-3H3,(H,21,22)/t14-/m1/s1. The predicted octanol–water partition coefficient (Wildman–Crippen LogP) is 3.90. The monoisotopic (exact) mass is 394 g/mol. The highest BCUT2D eigenvalue weighted by molar-refractivity contribution is 7.13. The van der Waals surface area contributed by atoms with E-state index in [1.54, 1.807) is 0 Å². The summed E-state index contributed by atoms with van der Waals surface area (Å²) in [5.74, 6) is -0.980. The molecule has 0 radical (unpaired) electrons. The Labute approximate surface area is 158 Å². The van der Waals surface area contributed by atoms with Crippen molar-refractivity contribution in [2.45, 2.75) is 38.2 Å². The molecule has 2 aromatic rings. The van der Waals surface area contributed by atoms with E-state index in [2.05, 4.69) is 28.9 Å². The van der Waals surface area contributed by atoms with Crippen LogP contribution < -0.4 is 4.90 Å². The van der Waals surface area contributed by atoms with Crippen LogP contribution >= 0.6 is 11.5 Å². The molecule has 1 aliphatic heterocycles. The molecule has 0 spiro atoms. The zero-order valence-corrected chi connectivity index (χ0v) is 17.3. The Hall–Kier alpha value is -1.48.